The number of nitrogens with zero attached hydrogens (tertiary/aromatic N) is 1. The van der Waals surface area contributed by atoms with Gasteiger partial charge in [-0.3, -0.25) is 4.98 Å². The van der Waals surface area contributed by atoms with E-state index in [1.165, 1.54) is 5.56 Å². The molecule has 0 spiro atoms. The van der Waals surface area contributed by atoms with E-state index in [9.17, 15) is 0 Å². The standard InChI is InChI=1S/C17H21BrN2O/c1-10-7-13(5-6-14(10)18)15(19)8-16-12(3)17(21-4)11(2)9-20-16/h5-7,9,15H,8,19H2,1-4H3. The highest BCUT2D eigenvalue weighted by molar-refractivity contribution is 9.10. The van der Waals surface area contributed by atoms with Gasteiger partial charge in [-0.25, -0.2) is 0 Å². The molecule has 0 saturated carbocycles. The first kappa shape index (κ1) is 16.0. The summed E-state index contributed by atoms with van der Waals surface area (Å²) in [5.41, 5.74) is 11.8. The lowest BCUT2D eigenvalue weighted by Gasteiger charge is -2.16. The van der Waals surface area contributed by atoms with Crippen molar-refractivity contribution in [2.75, 3.05) is 7.11 Å². The monoisotopic (exact) mass is 348 g/mol. The van der Waals surface area contributed by atoms with Crippen molar-refractivity contribution in [3.8, 4) is 5.75 Å². The molecular weight excluding hydrogens is 328 g/mol. The van der Waals surface area contributed by atoms with E-state index in [2.05, 4.69) is 40.0 Å². The van der Waals surface area contributed by atoms with Gasteiger partial charge < -0.3 is 10.5 Å². The first-order valence-electron chi connectivity index (χ1n) is 6.94. The van der Waals surface area contributed by atoms with Gasteiger partial charge in [0.1, 0.15) is 5.75 Å². The summed E-state index contributed by atoms with van der Waals surface area (Å²) in [4.78, 5) is 4.52. The fourth-order valence-corrected chi connectivity index (χ4v) is 2.75. The average Bonchev–Trinajstić information content (AvgIpc) is 2.45. The van der Waals surface area contributed by atoms with Gasteiger partial charge in [-0.05, 0) is 38.0 Å². The maximum Gasteiger partial charge on any atom is 0.128 e. The lowest BCUT2D eigenvalue weighted by Crippen LogP contribution is -2.15. The molecule has 1 aromatic carbocycles. The zero-order chi connectivity index (χ0) is 15.6. The van der Waals surface area contributed by atoms with Crippen molar-refractivity contribution in [3.05, 3.63) is 56.8 Å². The zero-order valence-electron chi connectivity index (χ0n) is 12.9. The molecule has 1 aromatic heterocycles. The number of aryl methyl sites for hydroxylation is 2. The van der Waals surface area contributed by atoms with E-state index < -0.39 is 0 Å². The molecule has 2 rings (SSSR count). The number of ether oxygens (including phenoxy) is 1. The predicted octanol–water partition coefficient (Wildman–Crippen LogP) is 4.02. The minimum absolute atomic E-state index is 0.0737. The van der Waals surface area contributed by atoms with E-state index in [1.54, 1.807) is 7.11 Å². The molecule has 1 unspecified atom stereocenters. The molecule has 2 aromatic rings. The topological polar surface area (TPSA) is 48.1 Å². The highest BCUT2D eigenvalue weighted by Crippen LogP contribution is 2.27. The van der Waals surface area contributed by atoms with Crippen LogP contribution in [-0.2, 0) is 6.42 Å². The highest BCUT2D eigenvalue weighted by Gasteiger charge is 2.14. The van der Waals surface area contributed by atoms with Gasteiger partial charge in [0, 0.05) is 40.0 Å². The van der Waals surface area contributed by atoms with Crippen LogP contribution in [0.2, 0.25) is 0 Å². The van der Waals surface area contributed by atoms with Crippen LogP contribution in [0.15, 0.2) is 28.9 Å². The van der Waals surface area contributed by atoms with Crippen molar-refractivity contribution in [1.29, 1.82) is 0 Å². The summed E-state index contributed by atoms with van der Waals surface area (Å²) in [6.07, 6.45) is 2.55. The minimum Gasteiger partial charge on any atom is -0.496 e. The number of halogens is 1. The van der Waals surface area contributed by atoms with Gasteiger partial charge in [0.05, 0.1) is 7.11 Å². The Kier molecular flexibility index (Phi) is 5.01. The molecule has 0 amide bonds. The van der Waals surface area contributed by atoms with Crippen LogP contribution in [0.25, 0.3) is 0 Å². The number of hydrogen-bond donors (Lipinski definition) is 1. The number of nitrogens with two attached hydrogens (primary N) is 1. The fraction of sp³-hybridized carbons (Fsp3) is 0.353. The van der Waals surface area contributed by atoms with Gasteiger partial charge in [0.2, 0.25) is 0 Å². The smallest absolute Gasteiger partial charge is 0.128 e. The number of pyridine rings is 1. The van der Waals surface area contributed by atoms with Crippen molar-refractivity contribution in [1.82, 2.24) is 4.98 Å². The second kappa shape index (κ2) is 6.58. The maximum atomic E-state index is 6.35. The summed E-state index contributed by atoms with van der Waals surface area (Å²) >= 11 is 3.51. The Hall–Kier alpha value is -1.39. The first-order valence-corrected chi connectivity index (χ1v) is 7.74. The van der Waals surface area contributed by atoms with E-state index in [1.807, 2.05) is 26.1 Å². The number of methoxy groups -OCH3 is 1. The molecule has 0 bridgehead atoms. The molecule has 21 heavy (non-hydrogen) atoms. The number of rotatable bonds is 4. The van der Waals surface area contributed by atoms with Gasteiger partial charge >= 0.3 is 0 Å². The Morgan fingerprint density at radius 2 is 1.95 bits per heavy atom. The van der Waals surface area contributed by atoms with Crippen LogP contribution in [0.3, 0.4) is 0 Å². The van der Waals surface area contributed by atoms with Crippen LogP contribution < -0.4 is 10.5 Å². The highest BCUT2D eigenvalue weighted by atomic mass is 79.9. The van der Waals surface area contributed by atoms with Crippen LogP contribution in [0.1, 0.15) is 34.0 Å². The van der Waals surface area contributed by atoms with Crippen molar-refractivity contribution >= 4 is 15.9 Å². The second-order valence-electron chi connectivity index (χ2n) is 5.37. The third-order valence-corrected chi connectivity index (χ3v) is 4.66. The van der Waals surface area contributed by atoms with Crippen molar-refractivity contribution in [2.45, 2.75) is 33.2 Å². The molecule has 1 atom stereocenters. The van der Waals surface area contributed by atoms with Crippen LogP contribution in [-0.4, -0.2) is 12.1 Å². The van der Waals surface area contributed by atoms with Crippen molar-refractivity contribution < 1.29 is 4.74 Å². The molecule has 2 N–H and O–H groups in total. The van der Waals surface area contributed by atoms with Crippen LogP contribution in [0, 0.1) is 20.8 Å². The molecule has 0 radical (unpaired) electrons. The van der Waals surface area contributed by atoms with E-state index in [0.717, 1.165) is 32.6 Å². The molecule has 0 aliphatic rings. The van der Waals surface area contributed by atoms with Gasteiger partial charge in [-0.1, -0.05) is 28.1 Å². The Bertz CT molecular complexity index is 655. The summed E-state index contributed by atoms with van der Waals surface area (Å²) in [6.45, 7) is 6.10. The summed E-state index contributed by atoms with van der Waals surface area (Å²) < 4.78 is 6.55. The molecule has 0 aliphatic heterocycles. The third-order valence-electron chi connectivity index (χ3n) is 3.77. The molecule has 3 nitrogen and oxygen atoms in total. The van der Waals surface area contributed by atoms with Crippen LogP contribution in [0.4, 0.5) is 0 Å². The minimum atomic E-state index is -0.0737. The summed E-state index contributed by atoms with van der Waals surface area (Å²) in [5, 5.41) is 0. The summed E-state index contributed by atoms with van der Waals surface area (Å²) in [6, 6.07) is 6.15. The molecule has 0 fully saturated rings. The van der Waals surface area contributed by atoms with Crippen LogP contribution in [0.5, 0.6) is 5.75 Å². The Balaban J connectivity index is 2.27. The molecule has 4 heteroatoms. The molecular formula is C17H21BrN2O. The Labute approximate surface area is 134 Å². The van der Waals surface area contributed by atoms with E-state index in [-0.39, 0.29) is 6.04 Å². The summed E-state index contributed by atoms with van der Waals surface area (Å²) in [7, 11) is 1.69. The maximum absolute atomic E-state index is 6.35. The average molecular weight is 349 g/mol. The van der Waals surface area contributed by atoms with E-state index in [4.69, 9.17) is 10.5 Å². The first-order chi connectivity index (χ1) is 9.93. The lowest BCUT2D eigenvalue weighted by atomic mass is 9.98. The van der Waals surface area contributed by atoms with Crippen LogP contribution >= 0.6 is 15.9 Å². The number of hydrogen-bond acceptors (Lipinski definition) is 3. The van der Waals surface area contributed by atoms with E-state index in [0.29, 0.717) is 6.42 Å². The summed E-state index contributed by atoms with van der Waals surface area (Å²) in [5.74, 6) is 0.902. The third kappa shape index (κ3) is 3.44. The molecule has 112 valence electrons. The quantitative estimate of drug-likeness (QED) is 0.907. The van der Waals surface area contributed by atoms with Crippen molar-refractivity contribution in [3.63, 3.8) is 0 Å². The number of aromatic nitrogens is 1. The molecule has 0 saturated heterocycles. The normalized spacial score (nSPS) is 12.3. The largest absolute Gasteiger partial charge is 0.496 e. The van der Waals surface area contributed by atoms with Gasteiger partial charge in [-0.15, -0.1) is 0 Å². The Morgan fingerprint density at radius 3 is 2.57 bits per heavy atom. The Morgan fingerprint density at radius 1 is 1.24 bits per heavy atom. The molecule has 1 heterocycles. The zero-order valence-corrected chi connectivity index (χ0v) is 14.5. The lowest BCUT2D eigenvalue weighted by molar-refractivity contribution is 0.406. The SMILES string of the molecule is COc1c(C)cnc(CC(N)c2ccc(Br)c(C)c2)c1C. The molecule has 0 aliphatic carbocycles. The van der Waals surface area contributed by atoms with Crippen molar-refractivity contribution in [2.24, 2.45) is 5.73 Å². The predicted molar refractivity (Wildman–Crippen MR) is 89.8 cm³/mol. The van der Waals surface area contributed by atoms with Gasteiger partial charge in [-0.2, -0.15) is 0 Å². The number of benzene rings is 1. The van der Waals surface area contributed by atoms with Gasteiger partial charge in [0.15, 0.2) is 0 Å². The van der Waals surface area contributed by atoms with E-state index >= 15 is 0 Å². The van der Waals surface area contributed by atoms with Gasteiger partial charge in [0.25, 0.3) is 0 Å². The second-order valence-corrected chi connectivity index (χ2v) is 6.22. The fourth-order valence-electron chi connectivity index (χ4n) is 2.50.